The molecule has 1 amide bonds. The second-order valence-corrected chi connectivity index (χ2v) is 8.04. The van der Waals surface area contributed by atoms with E-state index >= 15 is 0 Å². The molecule has 1 heterocycles. The molecule has 0 saturated heterocycles. The minimum atomic E-state index is -1.11. The van der Waals surface area contributed by atoms with Crippen LogP contribution in [0.2, 0.25) is 5.02 Å². The number of carbonyl (C=O) groups excluding carboxylic acids is 1. The molecule has 2 aromatic carbocycles. The van der Waals surface area contributed by atoms with E-state index in [9.17, 15) is 9.90 Å². The molecule has 4 nitrogen and oxygen atoms in total. The SMILES string of the molecule is O=C(NC[C@]1(O)CCOc2ccccc21)C1(c2ccc(Cl)cc2)CCCC1. The third kappa shape index (κ3) is 3.32. The largest absolute Gasteiger partial charge is 0.493 e. The van der Waals surface area contributed by atoms with Crippen molar-refractivity contribution in [2.45, 2.75) is 43.1 Å². The number of rotatable bonds is 4. The van der Waals surface area contributed by atoms with Crippen molar-refractivity contribution in [2.24, 2.45) is 0 Å². The first-order chi connectivity index (χ1) is 13.0. The fourth-order valence-corrected chi connectivity index (χ4v) is 4.54. The Bertz CT molecular complexity index is 830. The molecule has 1 fully saturated rings. The lowest BCUT2D eigenvalue weighted by molar-refractivity contribution is -0.128. The minimum absolute atomic E-state index is 0.0141. The molecule has 27 heavy (non-hydrogen) atoms. The highest BCUT2D eigenvalue weighted by Crippen LogP contribution is 2.42. The Labute approximate surface area is 164 Å². The molecule has 1 aliphatic heterocycles. The molecule has 1 atom stereocenters. The van der Waals surface area contributed by atoms with Crippen LogP contribution in [0, 0.1) is 0 Å². The van der Waals surface area contributed by atoms with Gasteiger partial charge in [-0.1, -0.05) is 54.8 Å². The van der Waals surface area contributed by atoms with E-state index in [1.54, 1.807) is 0 Å². The summed E-state index contributed by atoms with van der Waals surface area (Å²) in [6.45, 7) is 0.618. The first-order valence-corrected chi connectivity index (χ1v) is 9.90. The van der Waals surface area contributed by atoms with Gasteiger partial charge in [-0.2, -0.15) is 0 Å². The number of fused-ring (bicyclic) bond motifs is 1. The second-order valence-electron chi connectivity index (χ2n) is 7.60. The summed E-state index contributed by atoms with van der Waals surface area (Å²) in [6, 6.07) is 15.1. The van der Waals surface area contributed by atoms with Gasteiger partial charge in [0.25, 0.3) is 0 Å². The summed E-state index contributed by atoms with van der Waals surface area (Å²) in [5.74, 6) is 0.675. The van der Waals surface area contributed by atoms with E-state index in [4.69, 9.17) is 16.3 Å². The van der Waals surface area contributed by atoms with Crippen molar-refractivity contribution in [1.29, 1.82) is 0 Å². The van der Waals surface area contributed by atoms with Crippen LogP contribution in [0.5, 0.6) is 5.75 Å². The van der Waals surface area contributed by atoms with Gasteiger partial charge in [0.1, 0.15) is 11.4 Å². The number of aliphatic hydroxyl groups is 1. The van der Waals surface area contributed by atoms with Gasteiger partial charge in [0.05, 0.1) is 18.6 Å². The zero-order chi connectivity index (χ0) is 18.9. The highest BCUT2D eigenvalue weighted by molar-refractivity contribution is 6.30. The number of carbonyl (C=O) groups is 1. The quantitative estimate of drug-likeness (QED) is 0.838. The molecule has 4 rings (SSSR count). The van der Waals surface area contributed by atoms with Crippen molar-refractivity contribution in [3.8, 4) is 5.75 Å². The zero-order valence-electron chi connectivity index (χ0n) is 15.2. The molecule has 2 aliphatic rings. The average molecular weight is 386 g/mol. The van der Waals surface area contributed by atoms with Gasteiger partial charge in [-0.15, -0.1) is 0 Å². The van der Waals surface area contributed by atoms with Gasteiger partial charge in [-0.05, 0) is 36.6 Å². The van der Waals surface area contributed by atoms with E-state index < -0.39 is 11.0 Å². The van der Waals surface area contributed by atoms with Crippen molar-refractivity contribution in [3.05, 3.63) is 64.7 Å². The Hall–Kier alpha value is -2.04. The van der Waals surface area contributed by atoms with Crippen LogP contribution >= 0.6 is 11.6 Å². The maximum Gasteiger partial charge on any atom is 0.230 e. The number of benzene rings is 2. The van der Waals surface area contributed by atoms with Crippen LogP contribution in [0.25, 0.3) is 0 Å². The van der Waals surface area contributed by atoms with Crippen LogP contribution in [0.1, 0.15) is 43.2 Å². The minimum Gasteiger partial charge on any atom is -0.493 e. The summed E-state index contributed by atoms with van der Waals surface area (Å²) in [6.07, 6.45) is 4.14. The van der Waals surface area contributed by atoms with Crippen LogP contribution in [-0.2, 0) is 15.8 Å². The standard InChI is InChI=1S/C22H24ClNO3/c23-17-9-7-16(8-10-17)21(11-3-4-12-21)20(25)24-15-22(26)13-14-27-19-6-2-1-5-18(19)22/h1-2,5-10,26H,3-4,11-15H2,(H,24,25)/t22-/m1/s1. The maximum absolute atomic E-state index is 13.3. The van der Waals surface area contributed by atoms with E-state index in [0.717, 1.165) is 36.8 Å². The molecule has 0 bridgehead atoms. The first-order valence-electron chi connectivity index (χ1n) is 9.53. The van der Waals surface area contributed by atoms with Crippen molar-refractivity contribution >= 4 is 17.5 Å². The highest BCUT2D eigenvalue weighted by Gasteiger charge is 2.44. The summed E-state index contributed by atoms with van der Waals surface area (Å²) in [5.41, 5.74) is 0.0976. The predicted octanol–water partition coefficient (Wildman–Crippen LogP) is 3.94. The first kappa shape index (κ1) is 18.3. The predicted molar refractivity (Wildman–Crippen MR) is 105 cm³/mol. The monoisotopic (exact) mass is 385 g/mol. The molecular formula is C22H24ClNO3. The van der Waals surface area contributed by atoms with Gasteiger partial charge in [0.2, 0.25) is 5.91 Å². The third-order valence-corrected chi connectivity index (χ3v) is 6.24. The van der Waals surface area contributed by atoms with Gasteiger partial charge < -0.3 is 15.2 Å². The van der Waals surface area contributed by atoms with Crippen LogP contribution < -0.4 is 10.1 Å². The molecule has 0 radical (unpaired) electrons. The molecular weight excluding hydrogens is 362 g/mol. The lowest BCUT2D eigenvalue weighted by Crippen LogP contribution is -2.49. The van der Waals surface area contributed by atoms with Crippen LogP contribution in [0.15, 0.2) is 48.5 Å². The van der Waals surface area contributed by atoms with Gasteiger partial charge >= 0.3 is 0 Å². The van der Waals surface area contributed by atoms with E-state index in [1.165, 1.54) is 0 Å². The van der Waals surface area contributed by atoms with Gasteiger partial charge in [-0.3, -0.25) is 4.79 Å². The molecule has 142 valence electrons. The smallest absolute Gasteiger partial charge is 0.230 e. The number of ether oxygens (including phenoxy) is 1. The topological polar surface area (TPSA) is 58.6 Å². The molecule has 2 N–H and O–H groups in total. The number of hydrogen-bond acceptors (Lipinski definition) is 3. The van der Waals surface area contributed by atoms with Crippen LogP contribution in [0.3, 0.4) is 0 Å². The third-order valence-electron chi connectivity index (χ3n) is 5.99. The van der Waals surface area contributed by atoms with Crippen molar-refractivity contribution in [3.63, 3.8) is 0 Å². The van der Waals surface area contributed by atoms with Crippen LogP contribution in [-0.4, -0.2) is 24.2 Å². The zero-order valence-corrected chi connectivity index (χ0v) is 16.0. The Morgan fingerprint density at radius 2 is 1.78 bits per heavy atom. The average Bonchev–Trinajstić information content (AvgIpc) is 3.18. The Balaban J connectivity index is 1.55. The van der Waals surface area contributed by atoms with Gasteiger partial charge in [0, 0.05) is 17.0 Å². The molecule has 0 aromatic heterocycles. The summed E-state index contributed by atoms with van der Waals surface area (Å²) >= 11 is 6.03. The lowest BCUT2D eigenvalue weighted by atomic mass is 9.77. The second kappa shape index (κ2) is 7.17. The number of para-hydroxylation sites is 1. The summed E-state index contributed by atoms with van der Waals surface area (Å²) in [7, 11) is 0. The molecule has 2 aromatic rings. The lowest BCUT2D eigenvalue weighted by Gasteiger charge is -2.36. The molecule has 1 saturated carbocycles. The van der Waals surface area contributed by atoms with Crippen LogP contribution in [0.4, 0.5) is 0 Å². The van der Waals surface area contributed by atoms with E-state index in [1.807, 2.05) is 48.5 Å². The summed E-state index contributed by atoms with van der Waals surface area (Å²) in [4.78, 5) is 13.3. The Morgan fingerprint density at radius 1 is 1.07 bits per heavy atom. The number of amides is 1. The maximum atomic E-state index is 13.3. The molecule has 0 spiro atoms. The van der Waals surface area contributed by atoms with Gasteiger partial charge in [0.15, 0.2) is 0 Å². The number of nitrogens with one attached hydrogen (secondary N) is 1. The summed E-state index contributed by atoms with van der Waals surface area (Å²) in [5, 5.41) is 14.9. The number of halogens is 1. The molecule has 1 aliphatic carbocycles. The van der Waals surface area contributed by atoms with E-state index in [2.05, 4.69) is 5.32 Å². The van der Waals surface area contributed by atoms with Crippen molar-refractivity contribution < 1.29 is 14.6 Å². The van der Waals surface area contributed by atoms with Crippen molar-refractivity contribution in [1.82, 2.24) is 5.32 Å². The normalized spacial score (nSPS) is 23.3. The fourth-order valence-electron chi connectivity index (χ4n) is 4.42. The Morgan fingerprint density at radius 3 is 2.52 bits per heavy atom. The Kier molecular flexibility index (Phi) is 4.87. The number of hydrogen-bond donors (Lipinski definition) is 2. The molecule has 5 heteroatoms. The fraction of sp³-hybridized carbons (Fsp3) is 0.409. The van der Waals surface area contributed by atoms with E-state index in [0.29, 0.717) is 23.8 Å². The van der Waals surface area contributed by atoms with E-state index in [-0.39, 0.29) is 12.5 Å². The van der Waals surface area contributed by atoms with Crippen molar-refractivity contribution in [2.75, 3.05) is 13.2 Å². The van der Waals surface area contributed by atoms with Gasteiger partial charge in [-0.25, -0.2) is 0 Å². The highest BCUT2D eigenvalue weighted by atomic mass is 35.5. The molecule has 0 unspecified atom stereocenters. The summed E-state index contributed by atoms with van der Waals surface area (Å²) < 4.78 is 5.64.